The molecule has 1 radical (unpaired) electrons. The fourth-order valence-corrected chi connectivity index (χ4v) is 0.158. The van der Waals surface area contributed by atoms with Crippen LogP contribution in [0.3, 0.4) is 0 Å². The Hall–Kier alpha value is 0.734. The predicted molar refractivity (Wildman–Crippen MR) is 29.1 cm³/mol. The summed E-state index contributed by atoms with van der Waals surface area (Å²) in [7, 11) is 0. The first kappa shape index (κ1) is 11.5. The maximum atomic E-state index is 8.68. The third-order valence-electron chi connectivity index (χ3n) is 0.632. The zero-order chi connectivity index (χ0) is 5.54. The van der Waals surface area contributed by atoms with Gasteiger partial charge in [0, 0.05) is 32.7 Å². The number of carbonyl (C=O) groups excluding carboxylic acids is 1. The standard InChI is InChI=1S/C3H6N.C2H3O.Y/c1-2-4-3-1;1-2-3;/h1-3H2;1H3;/q2*-1;. The van der Waals surface area contributed by atoms with Crippen LogP contribution < -0.4 is 0 Å². The molecular weight excluding hydrogens is 179 g/mol. The number of hydrogen-bond donors (Lipinski definition) is 0. The summed E-state index contributed by atoms with van der Waals surface area (Å²) >= 11 is 0. The Balaban J connectivity index is 0. The molecule has 1 aliphatic heterocycles. The van der Waals surface area contributed by atoms with Crippen molar-refractivity contribution >= 4 is 6.29 Å². The molecule has 1 rings (SSSR count). The van der Waals surface area contributed by atoms with Crippen molar-refractivity contribution in [1.82, 2.24) is 0 Å². The van der Waals surface area contributed by atoms with Gasteiger partial charge in [0.15, 0.2) is 0 Å². The molecule has 1 aliphatic rings. The van der Waals surface area contributed by atoms with Gasteiger partial charge in [0.25, 0.3) is 0 Å². The van der Waals surface area contributed by atoms with Gasteiger partial charge in [-0.3, -0.25) is 6.29 Å². The van der Waals surface area contributed by atoms with Crippen LogP contribution in [0, 0.1) is 0 Å². The van der Waals surface area contributed by atoms with E-state index in [9.17, 15) is 0 Å². The maximum Gasteiger partial charge on any atom is 0 e. The second-order valence-corrected chi connectivity index (χ2v) is 1.23. The maximum absolute atomic E-state index is 8.68. The fourth-order valence-electron chi connectivity index (χ4n) is 0.158. The van der Waals surface area contributed by atoms with E-state index in [1.165, 1.54) is 19.6 Å². The first-order valence-corrected chi connectivity index (χ1v) is 2.34. The molecule has 1 saturated heterocycles. The van der Waals surface area contributed by atoms with Crippen molar-refractivity contribution in [3.8, 4) is 0 Å². The molecule has 8 heavy (non-hydrogen) atoms. The van der Waals surface area contributed by atoms with E-state index in [1.807, 2.05) is 0 Å². The van der Waals surface area contributed by atoms with E-state index in [0.717, 1.165) is 13.1 Å². The summed E-state index contributed by atoms with van der Waals surface area (Å²) in [5.74, 6) is 0. The van der Waals surface area contributed by atoms with Crippen molar-refractivity contribution < 1.29 is 37.5 Å². The van der Waals surface area contributed by atoms with Gasteiger partial charge in [0.05, 0.1) is 0 Å². The molecule has 0 saturated carbocycles. The molecule has 3 heteroatoms. The van der Waals surface area contributed by atoms with E-state index in [1.54, 1.807) is 0 Å². The Morgan fingerprint density at radius 2 is 1.62 bits per heavy atom. The Bertz CT molecular complexity index is 41.7. The zero-order valence-electron chi connectivity index (χ0n) is 5.05. The molecule has 45 valence electrons. The number of hydrogen-bond acceptors (Lipinski definition) is 1. The number of nitrogens with zero attached hydrogens (tertiary/aromatic N) is 1. The zero-order valence-corrected chi connectivity index (χ0v) is 7.89. The second kappa shape index (κ2) is 10.7. The molecule has 0 aliphatic carbocycles. The summed E-state index contributed by atoms with van der Waals surface area (Å²) in [5, 5.41) is 3.92. The predicted octanol–water partition coefficient (Wildman–Crippen LogP) is 0.877. The molecular formula is C5H9NOY-2. The van der Waals surface area contributed by atoms with Gasteiger partial charge in [-0.2, -0.15) is 20.0 Å². The largest absolute Gasteiger partial charge is 0.662 e. The summed E-state index contributed by atoms with van der Waals surface area (Å²) in [6.07, 6.45) is 2.83. The molecule has 0 atom stereocenters. The third kappa shape index (κ3) is 9.88. The van der Waals surface area contributed by atoms with E-state index in [0.29, 0.717) is 0 Å². The Morgan fingerprint density at radius 3 is 1.62 bits per heavy atom. The van der Waals surface area contributed by atoms with Gasteiger partial charge in [-0.25, -0.2) is 0 Å². The average Bonchev–Trinajstić information content (AvgIpc) is 1.27. The van der Waals surface area contributed by atoms with Gasteiger partial charge in [0.2, 0.25) is 0 Å². The summed E-state index contributed by atoms with van der Waals surface area (Å²) in [6.45, 7) is 3.57. The molecule has 1 heterocycles. The first-order valence-electron chi connectivity index (χ1n) is 2.34. The molecule has 0 aromatic carbocycles. The molecule has 0 amide bonds. The van der Waals surface area contributed by atoms with Crippen molar-refractivity contribution in [2.45, 2.75) is 13.3 Å². The molecule has 0 aromatic heterocycles. The SMILES string of the molecule is C1C[N-]C1.C[C-]=O.[Y]. The van der Waals surface area contributed by atoms with Crippen molar-refractivity contribution in [3.05, 3.63) is 5.32 Å². The van der Waals surface area contributed by atoms with Crippen LogP contribution >= 0.6 is 0 Å². The molecule has 0 N–H and O–H groups in total. The van der Waals surface area contributed by atoms with Gasteiger partial charge in [-0.1, -0.05) is 6.42 Å². The van der Waals surface area contributed by atoms with Crippen LogP contribution in [-0.2, 0) is 37.5 Å². The van der Waals surface area contributed by atoms with Crippen molar-refractivity contribution in [3.63, 3.8) is 0 Å². The fraction of sp³-hybridized carbons (Fsp3) is 0.800. The third-order valence-corrected chi connectivity index (χ3v) is 0.632. The molecule has 1 fully saturated rings. The molecule has 0 spiro atoms. The summed E-state index contributed by atoms with van der Waals surface area (Å²) in [4.78, 5) is 8.68. The quantitative estimate of drug-likeness (QED) is 0.519. The second-order valence-electron chi connectivity index (χ2n) is 1.23. The van der Waals surface area contributed by atoms with Gasteiger partial charge < -0.3 is 10.1 Å². The number of rotatable bonds is 0. The van der Waals surface area contributed by atoms with E-state index in [-0.39, 0.29) is 32.7 Å². The molecule has 2 nitrogen and oxygen atoms in total. The summed E-state index contributed by atoms with van der Waals surface area (Å²) < 4.78 is 0. The van der Waals surface area contributed by atoms with Crippen LogP contribution in [0.4, 0.5) is 0 Å². The monoisotopic (exact) mass is 188 g/mol. The van der Waals surface area contributed by atoms with Gasteiger partial charge in [-0.15, -0.1) is 0 Å². The molecule has 0 aromatic rings. The van der Waals surface area contributed by atoms with E-state index in [2.05, 4.69) is 5.32 Å². The minimum absolute atomic E-state index is 0. The molecule has 0 unspecified atom stereocenters. The van der Waals surface area contributed by atoms with Crippen molar-refractivity contribution in [2.75, 3.05) is 13.1 Å². The average molecular weight is 188 g/mol. The van der Waals surface area contributed by atoms with E-state index >= 15 is 0 Å². The minimum Gasteiger partial charge on any atom is -0.662 e. The topological polar surface area (TPSA) is 31.2 Å². The van der Waals surface area contributed by atoms with Crippen LogP contribution in [0.15, 0.2) is 0 Å². The first-order chi connectivity index (χ1) is 3.41. The van der Waals surface area contributed by atoms with Gasteiger partial charge in [0.1, 0.15) is 0 Å². The Morgan fingerprint density at radius 1 is 1.50 bits per heavy atom. The Kier molecular flexibility index (Phi) is 15.4. The van der Waals surface area contributed by atoms with Gasteiger partial charge >= 0.3 is 0 Å². The molecule has 0 bridgehead atoms. The van der Waals surface area contributed by atoms with E-state index < -0.39 is 0 Å². The summed E-state index contributed by atoms with van der Waals surface area (Å²) in [5.41, 5.74) is 0. The van der Waals surface area contributed by atoms with Gasteiger partial charge in [-0.05, 0) is 0 Å². The normalized spacial score (nSPS) is 13.6. The Labute approximate surface area is 75.3 Å². The van der Waals surface area contributed by atoms with E-state index in [4.69, 9.17) is 4.79 Å². The van der Waals surface area contributed by atoms with Crippen LogP contribution in [0.2, 0.25) is 0 Å². The van der Waals surface area contributed by atoms with Crippen LogP contribution in [-0.4, -0.2) is 19.4 Å². The smallest absolute Gasteiger partial charge is 0 e. The van der Waals surface area contributed by atoms with Crippen LogP contribution in [0.25, 0.3) is 5.32 Å². The summed E-state index contributed by atoms with van der Waals surface area (Å²) in [6, 6.07) is 0. The van der Waals surface area contributed by atoms with Crippen LogP contribution in [0.5, 0.6) is 0 Å². The minimum atomic E-state index is 0. The van der Waals surface area contributed by atoms with Crippen LogP contribution in [0.1, 0.15) is 13.3 Å². The van der Waals surface area contributed by atoms with Crippen molar-refractivity contribution in [1.29, 1.82) is 0 Å². The van der Waals surface area contributed by atoms with Crippen molar-refractivity contribution in [2.24, 2.45) is 0 Å².